The topological polar surface area (TPSA) is 64.1 Å². The molecule has 0 aliphatic carbocycles. The molecule has 2 atom stereocenters. The molecule has 32 heavy (non-hydrogen) atoms. The number of nitrogens with zero attached hydrogens (tertiary/aromatic N) is 3. The molecule has 1 aromatic rings. The second kappa shape index (κ2) is 11.8. The van der Waals surface area contributed by atoms with Crippen molar-refractivity contribution in [3.05, 3.63) is 40.7 Å². The molecule has 2 fully saturated rings. The van der Waals surface area contributed by atoms with Crippen LogP contribution in [0, 0.1) is 11.7 Å². The predicted octanol–water partition coefficient (Wildman–Crippen LogP) is 3.04. The summed E-state index contributed by atoms with van der Waals surface area (Å²) in [6.45, 7) is 6.98. The zero-order valence-corrected chi connectivity index (χ0v) is 19.4. The molecule has 1 aromatic carbocycles. The minimum Gasteiger partial charge on any atom is -0.392 e. The van der Waals surface area contributed by atoms with Gasteiger partial charge in [-0.2, -0.15) is 0 Å². The van der Waals surface area contributed by atoms with Crippen LogP contribution in [-0.2, 0) is 9.59 Å². The van der Waals surface area contributed by atoms with Gasteiger partial charge < -0.3 is 19.8 Å². The molecule has 0 saturated carbocycles. The van der Waals surface area contributed by atoms with E-state index >= 15 is 0 Å². The van der Waals surface area contributed by atoms with Crippen LogP contribution in [0.3, 0.4) is 0 Å². The highest BCUT2D eigenvalue weighted by molar-refractivity contribution is 6.30. The fraction of sp³-hybridized carbons (Fsp3) is 0.583. The molecule has 176 valence electrons. The molecule has 8 heteroatoms. The molecule has 3 rings (SSSR count). The number of aliphatic hydroxyl groups is 1. The monoisotopic (exact) mass is 465 g/mol. The van der Waals surface area contributed by atoms with Gasteiger partial charge in [-0.3, -0.25) is 9.59 Å². The molecule has 2 heterocycles. The smallest absolute Gasteiger partial charge is 0.246 e. The fourth-order valence-corrected chi connectivity index (χ4v) is 4.65. The highest BCUT2D eigenvalue weighted by Crippen LogP contribution is 2.18. The quantitative estimate of drug-likeness (QED) is 0.496. The second-order valence-corrected chi connectivity index (χ2v) is 9.33. The van der Waals surface area contributed by atoms with Crippen molar-refractivity contribution in [2.24, 2.45) is 5.92 Å². The molecule has 1 N–H and O–H groups in total. The molecule has 0 radical (unpaired) electrons. The molecule has 2 aliphatic rings. The molecular formula is C24H33ClFN3O3. The number of unbranched alkanes of at least 4 members (excludes halogenated alkanes) is 1. The number of β-amino-alcohol motifs (C(OH)–C–C–N with tert-alkyl or cyclic N) is 1. The summed E-state index contributed by atoms with van der Waals surface area (Å²) in [5.74, 6) is -0.0672. The van der Waals surface area contributed by atoms with Crippen LogP contribution in [0.15, 0.2) is 24.3 Å². The van der Waals surface area contributed by atoms with Gasteiger partial charge in [0.1, 0.15) is 5.82 Å². The maximum absolute atomic E-state index is 13.3. The van der Waals surface area contributed by atoms with Crippen LogP contribution in [0.4, 0.5) is 4.39 Å². The first kappa shape index (κ1) is 24.7. The number of carbonyl (C=O) groups is 2. The van der Waals surface area contributed by atoms with Crippen LogP contribution in [-0.4, -0.2) is 83.5 Å². The Hall–Kier alpha value is -1.96. The first-order valence-corrected chi connectivity index (χ1v) is 11.8. The van der Waals surface area contributed by atoms with Crippen molar-refractivity contribution in [3.8, 4) is 0 Å². The lowest BCUT2D eigenvalue weighted by Gasteiger charge is -2.34. The standard InChI is InChI=1S/C24H33ClFN3O3/c1-18-14-20(30)17-27(16-18)9-2-3-10-28-12-13-29(11-8-24(28)32)23(31)7-5-19-4-6-22(26)21(25)15-19/h4-7,15,18,20,30H,2-3,8-14,16-17H2,1H3/b7-5+/t18-,20+/m1/s1. The van der Waals surface area contributed by atoms with Crippen LogP contribution < -0.4 is 0 Å². The Balaban J connectivity index is 1.42. The Bertz CT molecular complexity index is 825. The van der Waals surface area contributed by atoms with E-state index in [-0.39, 0.29) is 22.9 Å². The second-order valence-electron chi connectivity index (χ2n) is 8.92. The molecule has 0 aromatic heterocycles. The van der Waals surface area contributed by atoms with Gasteiger partial charge in [-0.05, 0) is 55.5 Å². The van der Waals surface area contributed by atoms with Crippen molar-refractivity contribution in [2.75, 3.05) is 45.8 Å². The highest BCUT2D eigenvalue weighted by Gasteiger charge is 2.24. The summed E-state index contributed by atoms with van der Waals surface area (Å²) < 4.78 is 13.3. The molecular weight excluding hydrogens is 433 g/mol. The van der Waals surface area contributed by atoms with Gasteiger partial charge >= 0.3 is 0 Å². The van der Waals surface area contributed by atoms with Crippen LogP contribution in [0.25, 0.3) is 6.08 Å². The molecule has 0 bridgehead atoms. The van der Waals surface area contributed by atoms with Gasteiger partial charge in [0.05, 0.1) is 11.1 Å². The Morgan fingerprint density at radius 1 is 1.22 bits per heavy atom. The Labute approximate surface area is 194 Å². The largest absolute Gasteiger partial charge is 0.392 e. The van der Waals surface area contributed by atoms with Crippen molar-refractivity contribution < 1.29 is 19.1 Å². The average Bonchev–Trinajstić information content (AvgIpc) is 2.93. The first-order chi connectivity index (χ1) is 15.3. The number of halogens is 2. The van der Waals surface area contributed by atoms with Gasteiger partial charge in [0.2, 0.25) is 11.8 Å². The average molecular weight is 466 g/mol. The SMILES string of the molecule is C[C@@H]1C[C@H](O)CN(CCCCN2CCN(C(=O)/C=C/c3ccc(F)c(Cl)c3)CCC2=O)C1. The minimum absolute atomic E-state index is 0.0154. The molecule has 0 spiro atoms. The van der Waals surface area contributed by atoms with Gasteiger partial charge in [-0.15, -0.1) is 0 Å². The van der Waals surface area contributed by atoms with E-state index in [1.54, 1.807) is 17.0 Å². The maximum atomic E-state index is 13.3. The molecule has 6 nitrogen and oxygen atoms in total. The minimum atomic E-state index is -0.496. The normalized spacial score (nSPS) is 23.1. The number of aliphatic hydroxyl groups excluding tert-OH is 1. The molecule has 2 saturated heterocycles. The van der Waals surface area contributed by atoms with E-state index in [4.69, 9.17) is 11.6 Å². The van der Waals surface area contributed by atoms with Crippen molar-refractivity contribution in [2.45, 2.75) is 38.7 Å². The summed E-state index contributed by atoms with van der Waals surface area (Å²) in [7, 11) is 0. The zero-order valence-electron chi connectivity index (χ0n) is 18.7. The van der Waals surface area contributed by atoms with Crippen LogP contribution >= 0.6 is 11.6 Å². The lowest BCUT2D eigenvalue weighted by molar-refractivity contribution is -0.130. The zero-order chi connectivity index (χ0) is 23.1. The van der Waals surface area contributed by atoms with Crippen molar-refractivity contribution >= 4 is 29.5 Å². The van der Waals surface area contributed by atoms with E-state index in [0.29, 0.717) is 44.1 Å². The van der Waals surface area contributed by atoms with Gasteiger partial charge in [0, 0.05) is 51.8 Å². The number of benzene rings is 1. The lowest BCUT2D eigenvalue weighted by atomic mass is 9.98. The third-order valence-electron chi connectivity index (χ3n) is 6.13. The predicted molar refractivity (Wildman–Crippen MR) is 124 cm³/mol. The lowest BCUT2D eigenvalue weighted by Crippen LogP contribution is -2.42. The number of piperidine rings is 1. The van der Waals surface area contributed by atoms with E-state index < -0.39 is 5.82 Å². The third-order valence-corrected chi connectivity index (χ3v) is 6.42. The van der Waals surface area contributed by atoms with Crippen LogP contribution in [0.1, 0.15) is 38.2 Å². The summed E-state index contributed by atoms with van der Waals surface area (Å²) in [6, 6.07) is 4.30. The Kier molecular flexibility index (Phi) is 9.08. The number of hydrogen-bond acceptors (Lipinski definition) is 4. The van der Waals surface area contributed by atoms with Gasteiger partial charge in [0.25, 0.3) is 0 Å². The van der Waals surface area contributed by atoms with Crippen molar-refractivity contribution in [1.29, 1.82) is 0 Å². The highest BCUT2D eigenvalue weighted by atomic mass is 35.5. The van der Waals surface area contributed by atoms with Gasteiger partial charge in [0.15, 0.2) is 0 Å². The van der Waals surface area contributed by atoms with Crippen LogP contribution in [0.2, 0.25) is 5.02 Å². The number of hydrogen-bond donors (Lipinski definition) is 1. The van der Waals surface area contributed by atoms with E-state index in [0.717, 1.165) is 38.9 Å². The van der Waals surface area contributed by atoms with E-state index in [2.05, 4.69) is 11.8 Å². The fourth-order valence-electron chi connectivity index (χ4n) is 4.46. The summed E-state index contributed by atoms with van der Waals surface area (Å²) >= 11 is 5.78. The summed E-state index contributed by atoms with van der Waals surface area (Å²) in [5.41, 5.74) is 0.646. The van der Waals surface area contributed by atoms with Crippen molar-refractivity contribution in [3.63, 3.8) is 0 Å². The van der Waals surface area contributed by atoms with Crippen molar-refractivity contribution in [1.82, 2.24) is 14.7 Å². The third kappa shape index (κ3) is 7.29. The van der Waals surface area contributed by atoms with Crippen LogP contribution in [0.5, 0.6) is 0 Å². The molecule has 2 aliphatic heterocycles. The summed E-state index contributed by atoms with van der Waals surface area (Å²) in [5, 5.41) is 9.93. The Morgan fingerprint density at radius 3 is 2.75 bits per heavy atom. The number of rotatable bonds is 7. The van der Waals surface area contributed by atoms with E-state index in [9.17, 15) is 19.1 Å². The number of carbonyl (C=O) groups excluding carboxylic acids is 2. The summed E-state index contributed by atoms with van der Waals surface area (Å²) in [6.07, 6.45) is 5.90. The number of likely N-dealkylation sites (tertiary alicyclic amines) is 1. The van der Waals surface area contributed by atoms with E-state index in [1.165, 1.54) is 18.2 Å². The van der Waals surface area contributed by atoms with Gasteiger partial charge in [-0.25, -0.2) is 4.39 Å². The Morgan fingerprint density at radius 2 is 2.00 bits per heavy atom. The molecule has 2 amide bonds. The number of amides is 2. The molecule has 0 unspecified atom stereocenters. The maximum Gasteiger partial charge on any atom is 0.246 e. The first-order valence-electron chi connectivity index (χ1n) is 11.4. The summed E-state index contributed by atoms with van der Waals surface area (Å²) in [4.78, 5) is 30.9. The van der Waals surface area contributed by atoms with E-state index in [1.807, 2.05) is 4.90 Å². The van der Waals surface area contributed by atoms with Gasteiger partial charge in [-0.1, -0.05) is 24.6 Å².